The fraction of sp³-hybridized carbons (Fsp3) is 0.667. The van der Waals surface area contributed by atoms with Crippen molar-refractivity contribution in [1.29, 1.82) is 0 Å². The Morgan fingerprint density at radius 3 is 2.74 bits per heavy atom. The number of aromatic nitrogens is 2. The van der Waals surface area contributed by atoms with Gasteiger partial charge in [-0.3, -0.25) is 14.3 Å². The van der Waals surface area contributed by atoms with Gasteiger partial charge in [0.25, 0.3) is 5.56 Å². The number of rotatable bonds is 2. The summed E-state index contributed by atoms with van der Waals surface area (Å²) in [6.45, 7) is 0.764. The normalized spacial score (nSPS) is 36.3. The molecule has 0 radical (unpaired) electrons. The summed E-state index contributed by atoms with van der Waals surface area (Å²) in [5.74, 6) is -0.599. The minimum absolute atomic E-state index is 0.229. The van der Waals surface area contributed by atoms with Crippen molar-refractivity contribution in [3.8, 4) is 0 Å². The van der Waals surface area contributed by atoms with Gasteiger partial charge in [0.05, 0.1) is 18.4 Å². The number of nitrogens with zero attached hydrogens (tertiary/aromatic N) is 2. The van der Waals surface area contributed by atoms with Gasteiger partial charge in [-0.15, -0.1) is 0 Å². The molecule has 0 amide bonds. The van der Waals surface area contributed by atoms with Crippen LogP contribution in [0.2, 0.25) is 0 Å². The first-order valence-electron chi connectivity index (χ1n) is 6.87. The van der Waals surface area contributed by atoms with Gasteiger partial charge in [0.1, 0.15) is 11.7 Å². The molecule has 23 heavy (non-hydrogen) atoms. The standard InChI is InChI=1S/C12H17N3O7S/c1-6-3-15(11(19)13-9(6)18)10-7-8(17)12(4-16,22-10)5-23(20,21)14(7)2/h3,7-8,10,16-17H,4-5H2,1-2H3,(H,13,18,19)/t7-,8?,10+,12-/m0/s1. The topological polar surface area (TPSA) is 142 Å². The fourth-order valence-electron chi connectivity index (χ4n) is 3.11. The molecule has 3 N–H and O–H groups in total. The molecule has 11 heteroatoms. The first-order valence-corrected chi connectivity index (χ1v) is 8.48. The minimum Gasteiger partial charge on any atom is -0.393 e. The van der Waals surface area contributed by atoms with Crippen molar-refractivity contribution in [2.75, 3.05) is 19.4 Å². The first-order chi connectivity index (χ1) is 10.6. The molecular formula is C12H17N3O7S. The molecule has 4 atom stereocenters. The number of nitrogens with one attached hydrogen (secondary N) is 1. The maximum Gasteiger partial charge on any atom is 0.330 e. The average Bonchev–Trinajstić information content (AvgIpc) is 2.69. The van der Waals surface area contributed by atoms with Gasteiger partial charge >= 0.3 is 5.69 Å². The lowest BCUT2D eigenvalue weighted by Crippen LogP contribution is -2.62. The number of hydrogen-bond acceptors (Lipinski definition) is 7. The summed E-state index contributed by atoms with van der Waals surface area (Å²) in [4.78, 5) is 25.6. The van der Waals surface area contributed by atoms with E-state index in [0.717, 1.165) is 8.87 Å². The third kappa shape index (κ3) is 2.19. The van der Waals surface area contributed by atoms with Crippen molar-refractivity contribution >= 4 is 10.0 Å². The van der Waals surface area contributed by atoms with Crippen LogP contribution in [0, 0.1) is 6.92 Å². The summed E-state index contributed by atoms with van der Waals surface area (Å²) in [6.07, 6.45) is -1.24. The second-order valence-corrected chi connectivity index (χ2v) is 7.95. The van der Waals surface area contributed by atoms with Gasteiger partial charge in [0.15, 0.2) is 6.23 Å². The molecule has 10 nitrogen and oxygen atoms in total. The molecule has 1 aromatic rings. The van der Waals surface area contributed by atoms with E-state index in [-0.39, 0.29) is 5.56 Å². The average molecular weight is 347 g/mol. The van der Waals surface area contributed by atoms with Crippen LogP contribution >= 0.6 is 0 Å². The highest BCUT2D eigenvalue weighted by Crippen LogP contribution is 2.44. The third-order valence-corrected chi connectivity index (χ3v) is 6.46. The molecule has 2 aliphatic heterocycles. The van der Waals surface area contributed by atoms with Crippen molar-refractivity contribution in [1.82, 2.24) is 13.9 Å². The van der Waals surface area contributed by atoms with E-state index in [2.05, 4.69) is 4.98 Å². The monoisotopic (exact) mass is 347 g/mol. The molecule has 1 aromatic heterocycles. The maximum absolute atomic E-state index is 12.2. The Morgan fingerprint density at radius 1 is 1.48 bits per heavy atom. The number of ether oxygens (including phenoxy) is 1. The smallest absolute Gasteiger partial charge is 0.330 e. The Labute approximate surface area is 131 Å². The zero-order valence-corrected chi connectivity index (χ0v) is 13.3. The Hall–Kier alpha value is -1.53. The SMILES string of the molecule is Cc1cn([C@@H]2O[C@@]3(CO)CS(=O)(=O)N(C)[C@H]2C3O)c(=O)[nH]c1=O. The number of fused-ring (bicyclic) bond motifs is 2. The summed E-state index contributed by atoms with van der Waals surface area (Å²) in [5, 5.41) is 20.0. The van der Waals surface area contributed by atoms with Crippen LogP contribution in [-0.4, -0.2) is 69.6 Å². The van der Waals surface area contributed by atoms with E-state index in [1.165, 1.54) is 20.2 Å². The van der Waals surface area contributed by atoms with Crippen LogP contribution in [-0.2, 0) is 14.8 Å². The molecule has 2 saturated heterocycles. The van der Waals surface area contributed by atoms with E-state index < -0.39 is 57.6 Å². The molecule has 1 unspecified atom stereocenters. The molecule has 0 spiro atoms. The van der Waals surface area contributed by atoms with Crippen molar-refractivity contribution < 1.29 is 23.4 Å². The van der Waals surface area contributed by atoms with Crippen LogP contribution in [0.4, 0.5) is 0 Å². The van der Waals surface area contributed by atoms with Gasteiger partial charge in [-0.25, -0.2) is 13.2 Å². The Bertz CT molecular complexity index is 860. The number of aliphatic hydroxyl groups excluding tert-OH is 2. The maximum atomic E-state index is 12.2. The van der Waals surface area contributed by atoms with Gasteiger partial charge < -0.3 is 14.9 Å². The van der Waals surface area contributed by atoms with Gasteiger partial charge in [-0.2, -0.15) is 4.31 Å². The number of likely N-dealkylation sites (N-methyl/N-ethyl adjacent to an activating group) is 1. The molecule has 0 aromatic carbocycles. The fourth-order valence-corrected chi connectivity index (χ4v) is 4.86. The molecular weight excluding hydrogens is 330 g/mol. The van der Waals surface area contributed by atoms with E-state index in [4.69, 9.17) is 4.74 Å². The van der Waals surface area contributed by atoms with Crippen molar-refractivity contribution in [3.63, 3.8) is 0 Å². The van der Waals surface area contributed by atoms with Crippen LogP contribution in [0.3, 0.4) is 0 Å². The number of aryl methyl sites for hydroxylation is 1. The lowest BCUT2D eigenvalue weighted by Gasteiger charge is -2.38. The van der Waals surface area contributed by atoms with Crippen molar-refractivity contribution in [3.05, 3.63) is 32.6 Å². The van der Waals surface area contributed by atoms with Crippen LogP contribution in [0.25, 0.3) is 0 Å². The molecule has 0 saturated carbocycles. The first kappa shape index (κ1) is 16.3. The molecule has 2 aliphatic rings. The second kappa shape index (κ2) is 4.98. The summed E-state index contributed by atoms with van der Waals surface area (Å²) in [6, 6.07) is -1.09. The quantitative estimate of drug-likeness (QED) is 0.521. The largest absolute Gasteiger partial charge is 0.393 e. The third-order valence-electron chi connectivity index (χ3n) is 4.48. The highest BCUT2D eigenvalue weighted by Gasteiger charge is 2.64. The molecule has 128 valence electrons. The number of sulfonamides is 1. The van der Waals surface area contributed by atoms with Crippen LogP contribution in [0.15, 0.2) is 15.8 Å². The zero-order chi connectivity index (χ0) is 17.2. The molecule has 3 heterocycles. The van der Waals surface area contributed by atoms with Crippen LogP contribution < -0.4 is 11.2 Å². The van der Waals surface area contributed by atoms with Crippen LogP contribution in [0.1, 0.15) is 11.8 Å². The highest BCUT2D eigenvalue weighted by atomic mass is 32.2. The Kier molecular flexibility index (Phi) is 3.54. The summed E-state index contributed by atoms with van der Waals surface area (Å²) >= 11 is 0. The lowest BCUT2D eigenvalue weighted by atomic mass is 9.96. The number of aromatic amines is 1. The highest BCUT2D eigenvalue weighted by molar-refractivity contribution is 7.89. The Morgan fingerprint density at radius 2 is 2.13 bits per heavy atom. The van der Waals surface area contributed by atoms with E-state index in [0.29, 0.717) is 0 Å². The van der Waals surface area contributed by atoms with Gasteiger partial charge in [-0.05, 0) is 6.92 Å². The summed E-state index contributed by atoms with van der Waals surface area (Å²) in [5.41, 5.74) is -2.83. The van der Waals surface area contributed by atoms with Gasteiger partial charge in [0, 0.05) is 18.8 Å². The van der Waals surface area contributed by atoms with E-state index in [1.807, 2.05) is 0 Å². The Balaban J connectivity index is 2.18. The molecule has 3 rings (SSSR count). The second-order valence-electron chi connectivity index (χ2n) is 5.92. The minimum atomic E-state index is -3.77. The van der Waals surface area contributed by atoms with E-state index in [9.17, 15) is 28.2 Å². The summed E-state index contributed by atoms with van der Waals surface area (Å²) < 4.78 is 32.0. The number of aliphatic hydroxyl groups is 2. The molecule has 0 aliphatic carbocycles. The number of H-pyrrole nitrogens is 1. The van der Waals surface area contributed by atoms with E-state index in [1.54, 1.807) is 0 Å². The van der Waals surface area contributed by atoms with Crippen LogP contribution in [0.5, 0.6) is 0 Å². The van der Waals surface area contributed by atoms with Crippen molar-refractivity contribution in [2.24, 2.45) is 0 Å². The zero-order valence-electron chi connectivity index (χ0n) is 12.5. The lowest BCUT2D eigenvalue weighted by molar-refractivity contribution is -0.114. The predicted octanol–water partition coefficient (Wildman–Crippen LogP) is -2.89. The van der Waals surface area contributed by atoms with Gasteiger partial charge in [0.2, 0.25) is 10.0 Å². The molecule has 2 fully saturated rings. The van der Waals surface area contributed by atoms with E-state index >= 15 is 0 Å². The molecule has 2 bridgehead atoms. The summed E-state index contributed by atoms with van der Waals surface area (Å²) in [7, 11) is -2.50. The predicted molar refractivity (Wildman–Crippen MR) is 77.3 cm³/mol. The number of hydrogen-bond donors (Lipinski definition) is 3. The van der Waals surface area contributed by atoms with Gasteiger partial charge in [-0.1, -0.05) is 0 Å². The van der Waals surface area contributed by atoms with Crippen molar-refractivity contribution in [2.45, 2.75) is 30.9 Å².